The second-order valence-electron chi connectivity index (χ2n) is 8.59. The van der Waals surface area contributed by atoms with Gasteiger partial charge < -0.3 is 15.7 Å². The first-order chi connectivity index (χ1) is 15.5. The van der Waals surface area contributed by atoms with Crippen molar-refractivity contribution in [1.29, 1.82) is 0 Å². The molecule has 3 aromatic carbocycles. The third-order valence-electron chi connectivity index (χ3n) is 6.30. The van der Waals surface area contributed by atoms with Gasteiger partial charge in [0.1, 0.15) is 0 Å². The van der Waals surface area contributed by atoms with Crippen LogP contribution in [0.15, 0.2) is 84.9 Å². The van der Waals surface area contributed by atoms with Gasteiger partial charge in [0.2, 0.25) is 5.91 Å². The number of hydrogen-bond acceptors (Lipinski definition) is 4. The Labute approximate surface area is 190 Å². The summed E-state index contributed by atoms with van der Waals surface area (Å²) in [6, 6.07) is 27.4. The van der Waals surface area contributed by atoms with E-state index in [-0.39, 0.29) is 18.1 Å². The van der Waals surface area contributed by atoms with Crippen molar-refractivity contribution in [3.8, 4) is 0 Å². The van der Waals surface area contributed by atoms with Crippen molar-refractivity contribution in [2.45, 2.75) is 24.5 Å². The molecule has 0 spiro atoms. The van der Waals surface area contributed by atoms with Crippen LogP contribution in [0.4, 0.5) is 5.69 Å². The van der Waals surface area contributed by atoms with Gasteiger partial charge in [0.15, 0.2) is 0 Å². The Kier molecular flexibility index (Phi) is 6.88. The van der Waals surface area contributed by atoms with Crippen LogP contribution in [-0.4, -0.2) is 53.6 Å². The van der Waals surface area contributed by atoms with Crippen molar-refractivity contribution < 1.29 is 9.90 Å². The highest BCUT2D eigenvalue weighted by Crippen LogP contribution is 2.31. The van der Waals surface area contributed by atoms with Gasteiger partial charge in [-0.3, -0.25) is 9.69 Å². The van der Waals surface area contributed by atoms with Crippen LogP contribution in [0.3, 0.4) is 0 Å². The lowest BCUT2D eigenvalue weighted by Gasteiger charge is -2.34. The van der Waals surface area contributed by atoms with Crippen molar-refractivity contribution in [1.82, 2.24) is 9.80 Å². The number of carbonyl (C=O) groups is 1. The highest BCUT2D eigenvalue weighted by atomic mass is 16.3. The number of β-amino-alcohol motifs (C(OH)–C–C–N with tert-alkyl or cyclic N) is 1. The first-order valence-electron chi connectivity index (χ1n) is 11.2. The SMILES string of the molecule is CN(C(=O)C(c1ccccc1)c1ccccc1)[C@H](CN1CC[C@H](O)C1)c1cccc(N)c1. The predicted molar refractivity (Wildman–Crippen MR) is 128 cm³/mol. The normalized spacial score (nSPS) is 17.4. The third kappa shape index (κ3) is 5.01. The summed E-state index contributed by atoms with van der Waals surface area (Å²) in [7, 11) is 1.88. The second kappa shape index (κ2) is 9.98. The van der Waals surface area contributed by atoms with Gasteiger partial charge in [0.05, 0.1) is 18.1 Å². The number of amides is 1. The van der Waals surface area contributed by atoms with E-state index in [1.807, 2.05) is 96.9 Å². The van der Waals surface area contributed by atoms with E-state index in [1.54, 1.807) is 0 Å². The number of benzene rings is 3. The summed E-state index contributed by atoms with van der Waals surface area (Å²) >= 11 is 0. The number of nitrogen functional groups attached to an aromatic ring is 1. The number of likely N-dealkylation sites (N-methyl/N-ethyl adjacent to an activating group) is 1. The minimum Gasteiger partial charge on any atom is -0.399 e. The Morgan fingerprint density at radius 2 is 1.59 bits per heavy atom. The molecular weight excluding hydrogens is 398 g/mol. The molecule has 0 saturated carbocycles. The number of aliphatic hydroxyl groups excluding tert-OH is 1. The second-order valence-corrected chi connectivity index (χ2v) is 8.59. The van der Waals surface area contributed by atoms with E-state index in [0.29, 0.717) is 18.8 Å². The van der Waals surface area contributed by atoms with Crippen LogP contribution in [0.2, 0.25) is 0 Å². The lowest BCUT2D eigenvalue weighted by molar-refractivity contribution is -0.133. The lowest BCUT2D eigenvalue weighted by Crippen LogP contribution is -2.41. The van der Waals surface area contributed by atoms with Gasteiger partial charge in [0, 0.05) is 32.4 Å². The van der Waals surface area contributed by atoms with Gasteiger partial charge in [-0.2, -0.15) is 0 Å². The standard InChI is InChI=1S/C27H31N3O2/c1-29(25(19-30-16-15-24(31)18-30)22-13-8-14-23(28)17-22)27(32)26(20-9-4-2-5-10-20)21-11-6-3-7-12-21/h2-14,17,24-26,31H,15-16,18-19,28H2,1H3/t24-,25+/m0/s1. The van der Waals surface area contributed by atoms with E-state index in [2.05, 4.69) is 4.90 Å². The Morgan fingerprint density at radius 1 is 1.00 bits per heavy atom. The van der Waals surface area contributed by atoms with Gasteiger partial charge in [0.25, 0.3) is 0 Å². The lowest BCUT2D eigenvalue weighted by atomic mass is 9.89. The van der Waals surface area contributed by atoms with E-state index < -0.39 is 5.92 Å². The zero-order chi connectivity index (χ0) is 22.5. The van der Waals surface area contributed by atoms with Crippen molar-refractivity contribution in [3.05, 3.63) is 102 Å². The van der Waals surface area contributed by atoms with Crippen LogP contribution in [0.1, 0.15) is 35.1 Å². The van der Waals surface area contributed by atoms with Crippen molar-refractivity contribution in [3.63, 3.8) is 0 Å². The molecule has 166 valence electrons. The molecule has 32 heavy (non-hydrogen) atoms. The van der Waals surface area contributed by atoms with Crippen molar-refractivity contribution in [2.75, 3.05) is 32.4 Å². The number of anilines is 1. The van der Waals surface area contributed by atoms with Gasteiger partial charge in [-0.05, 0) is 35.2 Å². The van der Waals surface area contributed by atoms with Crippen LogP contribution < -0.4 is 5.73 Å². The fourth-order valence-electron chi connectivity index (χ4n) is 4.57. The van der Waals surface area contributed by atoms with E-state index in [4.69, 9.17) is 5.73 Å². The zero-order valence-electron chi connectivity index (χ0n) is 18.5. The summed E-state index contributed by atoms with van der Waals surface area (Å²) in [5, 5.41) is 10.0. The minimum atomic E-state index is -0.393. The average Bonchev–Trinajstić information content (AvgIpc) is 3.23. The van der Waals surface area contributed by atoms with Gasteiger partial charge >= 0.3 is 0 Å². The third-order valence-corrected chi connectivity index (χ3v) is 6.30. The summed E-state index contributed by atoms with van der Waals surface area (Å²) in [6.07, 6.45) is 0.455. The molecule has 0 aliphatic carbocycles. The molecule has 0 bridgehead atoms. The maximum atomic E-state index is 14.0. The summed E-state index contributed by atoms with van der Waals surface area (Å²) in [6.45, 7) is 2.10. The van der Waals surface area contributed by atoms with E-state index in [9.17, 15) is 9.90 Å². The summed E-state index contributed by atoms with van der Waals surface area (Å²) in [5.41, 5.74) is 9.71. The Balaban J connectivity index is 1.69. The summed E-state index contributed by atoms with van der Waals surface area (Å²) < 4.78 is 0. The smallest absolute Gasteiger partial charge is 0.234 e. The molecule has 1 heterocycles. The monoisotopic (exact) mass is 429 g/mol. The van der Waals surface area contributed by atoms with Crippen LogP contribution in [0.25, 0.3) is 0 Å². The number of rotatable bonds is 7. The number of aliphatic hydroxyl groups is 1. The van der Waals surface area contributed by atoms with E-state index >= 15 is 0 Å². The Bertz CT molecular complexity index is 986. The Hall–Kier alpha value is -3.15. The molecule has 0 unspecified atom stereocenters. The summed E-state index contributed by atoms with van der Waals surface area (Å²) in [4.78, 5) is 18.1. The number of likely N-dealkylation sites (tertiary alicyclic amines) is 1. The molecular formula is C27H31N3O2. The molecule has 1 aliphatic rings. The molecule has 1 amide bonds. The van der Waals surface area contributed by atoms with Gasteiger partial charge in [-0.25, -0.2) is 0 Å². The largest absolute Gasteiger partial charge is 0.399 e. The molecule has 4 rings (SSSR count). The number of nitrogens with zero attached hydrogens (tertiary/aromatic N) is 2. The molecule has 1 fully saturated rings. The van der Waals surface area contributed by atoms with Gasteiger partial charge in [-0.1, -0.05) is 72.8 Å². The van der Waals surface area contributed by atoms with E-state index in [1.165, 1.54) is 0 Å². The molecule has 1 saturated heterocycles. The molecule has 2 atom stereocenters. The fraction of sp³-hybridized carbons (Fsp3) is 0.296. The van der Waals surface area contributed by atoms with Crippen LogP contribution >= 0.6 is 0 Å². The molecule has 5 nitrogen and oxygen atoms in total. The van der Waals surface area contributed by atoms with E-state index in [0.717, 1.165) is 29.7 Å². The molecule has 0 radical (unpaired) electrons. The minimum absolute atomic E-state index is 0.0366. The van der Waals surface area contributed by atoms with Crippen LogP contribution in [0.5, 0.6) is 0 Å². The number of nitrogens with two attached hydrogens (primary N) is 1. The molecule has 3 aromatic rings. The highest BCUT2D eigenvalue weighted by molar-refractivity contribution is 5.87. The van der Waals surface area contributed by atoms with Crippen molar-refractivity contribution >= 4 is 11.6 Å². The summed E-state index contributed by atoms with van der Waals surface area (Å²) in [5.74, 6) is -0.357. The maximum Gasteiger partial charge on any atom is 0.234 e. The molecule has 1 aliphatic heterocycles. The molecule has 3 N–H and O–H groups in total. The van der Waals surface area contributed by atoms with Crippen molar-refractivity contribution in [2.24, 2.45) is 0 Å². The zero-order valence-corrected chi connectivity index (χ0v) is 18.5. The number of carbonyl (C=O) groups excluding carboxylic acids is 1. The molecule has 5 heteroatoms. The Morgan fingerprint density at radius 3 is 2.12 bits per heavy atom. The van der Waals surface area contributed by atoms with Gasteiger partial charge in [-0.15, -0.1) is 0 Å². The number of hydrogen-bond donors (Lipinski definition) is 2. The topological polar surface area (TPSA) is 69.8 Å². The molecule has 0 aromatic heterocycles. The quantitative estimate of drug-likeness (QED) is 0.563. The van der Waals surface area contributed by atoms with Crippen LogP contribution in [-0.2, 0) is 4.79 Å². The maximum absolute atomic E-state index is 14.0. The first kappa shape index (κ1) is 22.1. The fourth-order valence-corrected chi connectivity index (χ4v) is 4.57. The predicted octanol–water partition coefficient (Wildman–Crippen LogP) is 3.67. The highest BCUT2D eigenvalue weighted by Gasteiger charge is 2.32. The first-order valence-corrected chi connectivity index (χ1v) is 11.2. The average molecular weight is 430 g/mol. The van der Waals surface area contributed by atoms with Crippen LogP contribution in [0, 0.1) is 0 Å².